The van der Waals surface area contributed by atoms with E-state index in [9.17, 15) is 0 Å². The van der Waals surface area contributed by atoms with Crippen molar-refractivity contribution in [2.75, 3.05) is 14.2 Å². The summed E-state index contributed by atoms with van der Waals surface area (Å²) in [5, 5.41) is 2.43. The Morgan fingerprint density at radius 2 is 1.73 bits per heavy atom. The Morgan fingerprint density at radius 1 is 0.955 bits per heavy atom. The third-order valence-electron chi connectivity index (χ3n) is 4.09. The number of hydrogen-bond acceptors (Lipinski definition) is 2. The lowest BCUT2D eigenvalue weighted by Gasteiger charge is -2.13. The minimum absolute atomic E-state index is 0.797. The van der Waals surface area contributed by atoms with Gasteiger partial charge in [0.1, 0.15) is 18.5 Å². The Bertz CT molecular complexity index is 840. The molecule has 3 rings (SSSR count). The average molecular weight is 294 g/mol. The van der Waals surface area contributed by atoms with Crippen LogP contribution in [0.2, 0.25) is 0 Å². The first-order valence-electron chi connectivity index (χ1n) is 7.26. The first kappa shape index (κ1) is 14.4. The molecule has 3 nitrogen and oxygen atoms in total. The summed E-state index contributed by atoms with van der Waals surface area (Å²) in [6.45, 7) is 2.08. The van der Waals surface area contributed by atoms with Crippen LogP contribution in [-0.4, -0.2) is 14.2 Å². The van der Waals surface area contributed by atoms with Gasteiger partial charge in [0.05, 0.1) is 25.2 Å². The van der Waals surface area contributed by atoms with Crippen molar-refractivity contribution in [1.82, 2.24) is 0 Å². The van der Waals surface area contributed by atoms with Gasteiger partial charge < -0.3 is 9.47 Å². The highest BCUT2D eigenvalue weighted by Gasteiger charge is 2.20. The van der Waals surface area contributed by atoms with Crippen LogP contribution in [0.5, 0.6) is 11.5 Å². The lowest BCUT2D eigenvalue weighted by atomic mass is 9.98. The van der Waals surface area contributed by atoms with E-state index in [1.807, 2.05) is 6.07 Å². The topological polar surface area (TPSA) is 22.3 Å². The molecule has 0 saturated carbocycles. The zero-order valence-electron chi connectivity index (χ0n) is 13.4. The smallest absolute Gasteiger partial charge is 0.220 e. The number of pyridine rings is 1. The fraction of sp³-hybridized carbons (Fsp3) is 0.211. The number of methoxy groups -OCH3 is 2. The summed E-state index contributed by atoms with van der Waals surface area (Å²) in [5.41, 5.74) is 3.39. The maximum Gasteiger partial charge on any atom is 0.220 e. The monoisotopic (exact) mass is 294 g/mol. The van der Waals surface area contributed by atoms with E-state index in [0.717, 1.165) is 28.3 Å². The quantitative estimate of drug-likeness (QED) is 0.688. The van der Waals surface area contributed by atoms with Gasteiger partial charge in [0.25, 0.3) is 0 Å². The summed E-state index contributed by atoms with van der Waals surface area (Å²) in [5.74, 6) is 1.63. The number of ether oxygens (including phenoxy) is 2. The molecule has 0 atom stereocenters. The van der Waals surface area contributed by atoms with E-state index in [2.05, 4.69) is 61.1 Å². The van der Waals surface area contributed by atoms with Gasteiger partial charge in [-0.25, -0.2) is 4.57 Å². The molecule has 0 bridgehead atoms. The molecule has 0 N–H and O–H groups in total. The lowest BCUT2D eigenvalue weighted by molar-refractivity contribution is -0.659. The van der Waals surface area contributed by atoms with Crippen molar-refractivity contribution >= 4 is 10.8 Å². The van der Waals surface area contributed by atoms with Crippen molar-refractivity contribution in [2.45, 2.75) is 6.92 Å². The first-order chi connectivity index (χ1) is 10.7. The summed E-state index contributed by atoms with van der Waals surface area (Å²) >= 11 is 0. The van der Waals surface area contributed by atoms with E-state index in [1.165, 1.54) is 10.8 Å². The standard InChI is InChI=1S/C19H20NO2/c1-13-17(11-15(21-3)12-18(13)22-4)19-16-8-6-5-7-14(16)9-10-20(19)2/h5-12H,1-4H3/q+1. The van der Waals surface area contributed by atoms with Crippen molar-refractivity contribution in [2.24, 2.45) is 7.05 Å². The lowest BCUT2D eigenvalue weighted by Crippen LogP contribution is -2.30. The van der Waals surface area contributed by atoms with Crippen LogP contribution in [0.4, 0.5) is 0 Å². The minimum atomic E-state index is 0.797. The van der Waals surface area contributed by atoms with Crippen molar-refractivity contribution in [3.05, 3.63) is 54.2 Å². The number of rotatable bonds is 3. The van der Waals surface area contributed by atoms with E-state index >= 15 is 0 Å². The predicted octanol–water partition coefficient (Wildman–Crippen LogP) is 3.66. The number of benzene rings is 2. The number of aryl methyl sites for hydroxylation is 1. The maximum atomic E-state index is 5.51. The van der Waals surface area contributed by atoms with Gasteiger partial charge in [-0.05, 0) is 24.4 Å². The van der Waals surface area contributed by atoms with Crippen LogP contribution < -0.4 is 14.0 Å². The Morgan fingerprint density at radius 3 is 2.45 bits per heavy atom. The van der Waals surface area contributed by atoms with Crippen molar-refractivity contribution < 1.29 is 14.0 Å². The third-order valence-corrected chi connectivity index (χ3v) is 4.09. The molecule has 22 heavy (non-hydrogen) atoms. The fourth-order valence-corrected chi connectivity index (χ4v) is 2.89. The fourth-order valence-electron chi connectivity index (χ4n) is 2.89. The zero-order chi connectivity index (χ0) is 15.7. The molecule has 0 radical (unpaired) electrons. The SMILES string of the molecule is COc1cc(OC)c(C)c(-c2c3ccccc3cc[n+]2C)c1. The molecule has 2 aromatic carbocycles. The van der Waals surface area contributed by atoms with Gasteiger partial charge in [-0.1, -0.05) is 18.2 Å². The second kappa shape index (κ2) is 5.68. The number of aromatic nitrogens is 1. The first-order valence-corrected chi connectivity index (χ1v) is 7.26. The van der Waals surface area contributed by atoms with Gasteiger partial charge in [0.2, 0.25) is 5.69 Å². The molecule has 112 valence electrons. The summed E-state index contributed by atoms with van der Waals surface area (Å²) < 4.78 is 13.1. The van der Waals surface area contributed by atoms with Crippen LogP contribution in [0.15, 0.2) is 48.7 Å². The molecule has 3 aromatic rings. The molecule has 0 aliphatic rings. The van der Waals surface area contributed by atoms with Crippen LogP contribution in [0.3, 0.4) is 0 Å². The molecular weight excluding hydrogens is 274 g/mol. The van der Waals surface area contributed by atoms with Gasteiger partial charge in [-0.2, -0.15) is 0 Å². The summed E-state index contributed by atoms with van der Waals surface area (Å²) in [4.78, 5) is 0. The molecular formula is C19H20NO2+. The molecule has 0 saturated heterocycles. The Kier molecular flexibility index (Phi) is 3.72. The van der Waals surface area contributed by atoms with Crippen LogP contribution in [0, 0.1) is 6.92 Å². The van der Waals surface area contributed by atoms with Crippen LogP contribution in [-0.2, 0) is 7.05 Å². The Balaban J connectivity index is 2.39. The van der Waals surface area contributed by atoms with Crippen molar-refractivity contribution in [3.63, 3.8) is 0 Å². The van der Waals surface area contributed by atoms with E-state index < -0.39 is 0 Å². The Labute approximate surface area is 130 Å². The third kappa shape index (κ3) is 2.29. The van der Waals surface area contributed by atoms with Gasteiger partial charge in [0.15, 0.2) is 6.20 Å². The van der Waals surface area contributed by atoms with Gasteiger partial charge in [-0.3, -0.25) is 0 Å². The van der Waals surface area contributed by atoms with E-state index in [-0.39, 0.29) is 0 Å². The molecule has 0 amide bonds. The second-order valence-electron chi connectivity index (χ2n) is 5.36. The highest BCUT2D eigenvalue weighted by molar-refractivity contribution is 5.94. The molecule has 0 fully saturated rings. The van der Waals surface area contributed by atoms with E-state index in [1.54, 1.807) is 14.2 Å². The molecule has 1 aromatic heterocycles. The van der Waals surface area contributed by atoms with Gasteiger partial charge in [0, 0.05) is 17.7 Å². The van der Waals surface area contributed by atoms with E-state index in [0.29, 0.717) is 0 Å². The highest BCUT2D eigenvalue weighted by Crippen LogP contribution is 2.35. The number of nitrogens with zero attached hydrogens (tertiary/aromatic N) is 1. The van der Waals surface area contributed by atoms with Crippen LogP contribution in [0.1, 0.15) is 5.56 Å². The van der Waals surface area contributed by atoms with Crippen molar-refractivity contribution in [3.8, 4) is 22.8 Å². The summed E-state index contributed by atoms with van der Waals surface area (Å²) in [6, 6.07) is 14.5. The minimum Gasteiger partial charge on any atom is -0.497 e. The number of fused-ring (bicyclic) bond motifs is 1. The van der Waals surface area contributed by atoms with Crippen LogP contribution in [0.25, 0.3) is 22.0 Å². The Hall–Kier alpha value is -2.55. The van der Waals surface area contributed by atoms with Crippen molar-refractivity contribution in [1.29, 1.82) is 0 Å². The van der Waals surface area contributed by atoms with Gasteiger partial charge in [-0.15, -0.1) is 0 Å². The molecule has 0 aliphatic carbocycles. The predicted molar refractivity (Wildman–Crippen MR) is 88.4 cm³/mol. The van der Waals surface area contributed by atoms with Crippen LogP contribution >= 0.6 is 0 Å². The molecule has 1 heterocycles. The largest absolute Gasteiger partial charge is 0.497 e. The zero-order valence-corrected chi connectivity index (χ0v) is 13.4. The summed E-state index contributed by atoms with van der Waals surface area (Å²) in [6.07, 6.45) is 2.09. The van der Waals surface area contributed by atoms with E-state index in [4.69, 9.17) is 9.47 Å². The highest BCUT2D eigenvalue weighted by atomic mass is 16.5. The molecule has 0 unspecified atom stereocenters. The normalized spacial score (nSPS) is 10.7. The van der Waals surface area contributed by atoms with Gasteiger partial charge >= 0.3 is 0 Å². The molecule has 3 heteroatoms. The second-order valence-corrected chi connectivity index (χ2v) is 5.36. The average Bonchev–Trinajstić information content (AvgIpc) is 2.55. The number of hydrogen-bond donors (Lipinski definition) is 0. The molecule has 0 spiro atoms. The summed E-state index contributed by atoms with van der Waals surface area (Å²) in [7, 11) is 5.43. The molecule has 0 aliphatic heterocycles. The maximum absolute atomic E-state index is 5.51.